The van der Waals surface area contributed by atoms with Crippen molar-refractivity contribution >= 4 is 28.7 Å². The van der Waals surface area contributed by atoms with Crippen LogP contribution in [0.5, 0.6) is 0 Å². The van der Waals surface area contributed by atoms with Gasteiger partial charge >= 0.3 is 5.97 Å². The van der Waals surface area contributed by atoms with Gasteiger partial charge in [0.1, 0.15) is 5.82 Å². The van der Waals surface area contributed by atoms with E-state index in [0.29, 0.717) is 17.7 Å². The summed E-state index contributed by atoms with van der Waals surface area (Å²) in [5, 5.41) is 4.56. The SMILES string of the molecule is CC.CC.CCOC(=O)c1cc2nc(C3=CCC(C)(C)CC3)cc(N(C)c3c(C)cccc3C)n2n1. The minimum Gasteiger partial charge on any atom is -0.461 e. The molecular weight excluding hydrogens is 448 g/mol. The number of hydrogen-bond acceptors (Lipinski definition) is 5. The van der Waals surface area contributed by atoms with Crippen molar-refractivity contribution in [3.63, 3.8) is 0 Å². The van der Waals surface area contributed by atoms with E-state index >= 15 is 0 Å². The average Bonchev–Trinajstić information content (AvgIpc) is 3.30. The average molecular weight is 493 g/mol. The molecule has 0 fully saturated rings. The summed E-state index contributed by atoms with van der Waals surface area (Å²) in [6.45, 7) is 18.9. The number of aromatic nitrogens is 3. The highest BCUT2D eigenvalue weighted by Crippen LogP contribution is 2.39. The maximum Gasteiger partial charge on any atom is 0.358 e. The largest absolute Gasteiger partial charge is 0.461 e. The topological polar surface area (TPSA) is 59.7 Å². The zero-order valence-electron chi connectivity index (χ0n) is 23.9. The van der Waals surface area contributed by atoms with Crippen LogP contribution in [0.1, 0.15) is 95.0 Å². The van der Waals surface area contributed by atoms with Gasteiger partial charge in [-0.1, -0.05) is 65.8 Å². The molecule has 0 spiro atoms. The fourth-order valence-electron chi connectivity index (χ4n) is 4.43. The quantitative estimate of drug-likeness (QED) is 0.338. The minimum absolute atomic E-state index is 0.270. The zero-order chi connectivity index (χ0) is 27.0. The van der Waals surface area contributed by atoms with Crippen molar-refractivity contribution in [2.75, 3.05) is 18.6 Å². The molecule has 0 radical (unpaired) electrons. The highest BCUT2D eigenvalue weighted by Gasteiger charge is 2.25. The lowest BCUT2D eigenvalue weighted by Crippen LogP contribution is -2.18. The Morgan fingerprint density at radius 1 is 1.11 bits per heavy atom. The molecule has 0 aliphatic heterocycles. The summed E-state index contributed by atoms with van der Waals surface area (Å²) in [5.41, 5.74) is 6.90. The van der Waals surface area contributed by atoms with Crippen LogP contribution in [0.3, 0.4) is 0 Å². The minimum atomic E-state index is -0.432. The Morgan fingerprint density at radius 2 is 1.75 bits per heavy atom. The van der Waals surface area contributed by atoms with Crippen molar-refractivity contribution in [3.8, 4) is 0 Å². The second-order valence-corrected chi connectivity index (χ2v) is 9.42. The van der Waals surface area contributed by atoms with Gasteiger partial charge in [-0.05, 0) is 62.1 Å². The molecule has 2 heterocycles. The summed E-state index contributed by atoms with van der Waals surface area (Å²) < 4.78 is 6.93. The Hall–Kier alpha value is -3.15. The molecule has 0 bridgehead atoms. The van der Waals surface area contributed by atoms with Gasteiger partial charge in [-0.25, -0.2) is 9.78 Å². The van der Waals surface area contributed by atoms with Crippen molar-refractivity contribution < 1.29 is 9.53 Å². The molecule has 196 valence electrons. The van der Waals surface area contributed by atoms with E-state index in [0.717, 1.165) is 36.5 Å². The van der Waals surface area contributed by atoms with E-state index in [1.807, 2.05) is 34.7 Å². The number of hydrogen-bond donors (Lipinski definition) is 0. The van der Waals surface area contributed by atoms with Crippen LogP contribution in [-0.4, -0.2) is 34.2 Å². The molecule has 0 atom stereocenters. The third-order valence-corrected chi connectivity index (χ3v) is 6.31. The number of esters is 1. The van der Waals surface area contributed by atoms with Crippen LogP contribution >= 0.6 is 0 Å². The van der Waals surface area contributed by atoms with E-state index in [2.05, 4.69) is 68.0 Å². The monoisotopic (exact) mass is 492 g/mol. The maximum atomic E-state index is 12.4. The Bertz CT molecular complexity index is 1190. The fraction of sp³-hybridized carbons (Fsp3) is 0.500. The summed E-state index contributed by atoms with van der Waals surface area (Å²) in [6.07, 6.45) is 5.46. The number of aryl methyl sites for hydroxylation is 2. The smallest absolute Gasteiger partial charge is 0.358 e. The summed E-state index contributed by atoms with van der Waals surface area (Å²) in [5.74, 6) is 0.433. The molecule has 1 aromatic carbocycles. The van der Waals surface area contributed by atoms with Crippen LogP contribution < -0.4 is 4.90 Å². The van der Waals surface area contributed by atoms with Crippen LogP contribution in [0.2, 0.25) is 0 Å². The van der Waals surface area contributed by atoms with E-state index in [4.69, 9.17) is 9.72 Å². The number of benzene rings is 1. The second kappa shape index (κ2) is 12.7. The van der Waals surface area contributed by atoms with E-state index < -0.39 is 5.97 Å². The number of para-hydroxylation sites is 1. The zero-order valence-corrected chi connectivity index (χ0v) is 23.9. The van der Waals surface area contributed by atoms with Crippen molar-refractivity contribution in [2.24, 2.45) is 5.41 Å². The number of carbonyl (C=O) groups is 1. The third-order valence-electron chi connectivity index (χ3n) is 6.31. The molecule has 1 aliphatic rings. The number of allylic oxidation sites excluding steroid dienone is 2. The van der Waals surface area contributed by atoms with Gasteiger partial charge < -0.3 is 9.64 Å². The molecular formula is C30H44N4O2. The number of nitrogens with zero attached hydrogens (tertiary/aromatic N) is 4. The van der Waals surface area contributed by atoms with Crippen LogP contribution in [-0.2, 0) is 4.74 Å². The van der Waals surface area contributed by atoms with Gasteiger partial charge in [-0.15, -0.1) is 0 Å². The number of fused-ring (bicyclic) bond motifs is 1. The number of carbonyl (C=O) groups excluding carboxylic acids is 1. The highest BCUT2D eigenvalue weighted by molar-refractivity contribution is 5.89. The molecule has 0 saturated heterocycles. The van der Waals surface area contributed by atoms with Gasteiger partial charge in [0.2, 0.25) is 0 Å². The Labute approximate surface area is 217 Å². The van der Waals surface area contributed by atoms with Crippen molar-refractivity contribution in [3.05, 3.63) is 58.9 Å². The summed E-state index contributed by atoms with van der Waals surface area (Å²) >= 11 is 0. The molecule has 0 amide bonds. The van der Waals surface area contributed by atoms with Crippen LogP contribution in [0.4, 0.5) is 11.5 Å². The molecule has 0 saturated carbocycles. The second-order valence-electron chi connectivity index (χ2n) is 9.42. The van der Waals surface area contributed by atoms with Gasteiger partial charge in [-0.3, -0.25) is 0 Å². The first-order valence-corrected chi connectivity index (χ1v) is 13.3. The molecule has 2 aromatic heterocycles. The Kier molecular flexibility index (Phi) is 10.3. The predicted octanol–water partition coefficient (Wildman–Crippen LogP) is 7.94. The number of anilines is 2. The van der Waals surface area contributed by atoms with E-state index in [-0.39, 0.29) is 5.69 Å². The standard InChI is InChI=1S/C26H32N4O2.2C2H6/c1-7-32-25(31)21-15-22-27-20(19-11-13-26(4,5)14-12-19)16-23(30(22)28-21)29(6)24-17(2)9-8-10-18(24)3;2*1-2/h8-11,15-16H,7,12-14H2,1-6H3;2*1-2H3. The number of ether oxygens (including phenoxy) is 1. The predicted molar refractivity (Wildman–Crippen MR) is 151 cm³/mol. The Morgan fingerprint density at radius 3 is 2.31 bits per heavy atom. The van der Waals surface area contributed by atoms with Gasteiger partial charge in [0.05, 0.1) is 12.3 Å². The lowest BCUT2D eigenvalue weighted by molar-refractivity contribution is 0.0519. The van der Waals surface area contributed by atoms with Gasteiger partial charge in [0.25, 0.3) is 0 Å². The summed E-state index contributed by atoms with van der Waals surface area (Å²) in [7, 11) is 2.04. The first-order chi connectivity index (χ1) is 17.2. The first kappa shape index (κ1) is 29.1. The van der Waals surface area contributed by atoms with Gasteiger partial charge in [-0.2, -0.15) is 9.61 Å². The van der Waals surface area contributed by atoms with E-state index in [1.165, 1.54) is 16.7 Å². The normalized spacial score (nSPS) is 14.1. The van der Waals surface area contributed by atoms with E-state index in [9.17, 15) is 4.79 Å². The summed E-state index contributed by atoms with van der Waals surface area (Å²) in [6, 6.07) is 10.1. The first-order valence-electron chi connectivity index (χ1n) is 13.3. The third kappa shape index (κ3) is 6.34. The van der Waals surface area contributed by atoms with Crippen LogP contribution in [0.25, 0.3) is 11.2 Å². The van der Waals surface area contributed by atoms with Crippen molar-refractivity contribution in [1.82, 2.24) is 14.6 Å². The highest BCUT2D eigenvalue weighted by atomic mass is 16.5. The Balaban J connectivity index is 0.00000109. The van der Waals surface area contributed by atoms with Crippen LogP contribution in [0, 0.1) is 19.3 Å². The lowest BCUT2D eigenvalue weighted by Gasteiger charge is -2.29. The van der Waals surface area contributed by atoms with Gasteiger partial charge in [0, 0.05) is 24.9 Å². The molecule has 3 aromatic rings. The lowest BCUT2D eigenvalue weighted by atomic mass is 9.78. The van der Waals surface area contributed by atoms with Gasteiger partial charge in [0.15, 0.2) is 11.3 Å². The van der Waals surface area contributed by atoms with E-state index in [1.54, 1.807) is 17.5 Å². The number of rotatable bonds is 5. The maximum absolute atomic E-state index is 12.4. The van der Waals surface area contributed by atoms with Crippen molar-refractivity contribution in [1.29, 1.82) is 0 Å². The molecule has 4 rings (SSSR count). The molecule has 0 N–H and O–H groups in total. The molecule has 6 nitrogen and oxygen atoms in total. The summed E-state index contributed by atoms with van der Waals surface area (Å²) in [4.78, 5) is 19.4. The molecule has 6 heteroatoms. The van der Waals surface area contributed by atoms with Crippen molar-refractivity contribution in [2.45, 2.75) is 81.6 Å². The van der Waals surface area contributed by atoms with Crippen LogP contribution in [0.15, 0.2) is 36.4 Å². The molecule has 1 aliphatic carbocycles. The molecule has 0 unspecified atom stereocenters. The fourth-order valence-corrected chi connectivity index (χ4v) is 4.43. The molecule has 36 heavy (non-hydrogen) atoms.